The minimum absolute atomic E-state index is 0.0999. The first-order valence-electron chi connectivity index (χ1n) is 7.70. The Morgan fingerprint density at radius 2 is 2.14 bits per heavy atom. The summed E-state index contributed by atoms with van der Waals surface area (Å²) in [5.74, 6) is 0.242. The third-order valence-electron chi connectivity index (χ3n) is 3.97. The SMILES string of the molecule is O=C(NCc1cccc(Cn2ccnc2)c1)C1CCOCC1. The first-order chi connectivity index (χ1) is 10.8. The van der Waals surface area contributed by atoms with Gasteiger partial charge in [0.1, 0.15) is 0 Å². The van der Waals surface area contributed by atoms with Gasteiger partial charge < -0.3 is 14.6 Å². The molecule has 1 fully saturated rings. The monoisotopic (exact) mass is 299 g/mol. The van der Waals surface area contributed by atoms with Gasteiger partial charge in [0.05, 0.1) is 6.33 Å². The molecule has 0 aliphatic carbocycles. The number of amides is 1. The normalized spacial score (nSPS) is 15.6. The highest BCUT2D eigenvalue weighted by Gasteiger charge is 2.20. The highest BCUT2D eigenvalue weighted by molar-refractivity contribution is 5.78. The zero-order valence-electron chi connectivity index (χ0n) is 12.6. The van der Waals surface area contributed by atoms with Crippen LogP contribution in [0.4, 0.5) is 0 Å². The molecule has 0 unspecified atom stereocenters. The Morgan fingerprint density at radius 1 is 1.32 bits per heavy atom. The van der Waals surface area contributed by atoms with Crippen molar-refractivity contribution >= 4 is 5.91 Å². The zero-order chi connectivity index (χ0) is 15.2. The lowest BCUT2D eigenvalue weighted by Crippen LogP contribution is -2.33. The highest BCUT2D eigenvalue weighted by atomic mass is 16.5. The summed E-state index contributed by atoms with van der Waals surface area (Å²) in [7, 11) is 0. The number of carbonyl (C=O) groups is 1. The second-order valence-electron chi connectivity index (χ2n) is 5.66. The Bertz CT molecular complexity index is 604. The Kier molecular flexibility index (Phi) is 4.85. The molecular weight excluding hydrogens is 278 g/mol. The van der Waals surface area contributed by atoms with Gasteiger partial charge in [0.25, 0.3) is 0 Å². The second-order valence-corrected chi connectivity index (χ2v) is 5.66. The molecule has 1 N–H and O–H groups in total. The van der Waals surface area contributed by atoms with Gasteiger partial charge >= 0.3 is 0 Å². The number of rotatable bonds is 5. The van der Waals surface area contributed by atoms with Crippen molar-refractivity contribution in [1.29, 1.82) is 0 Å². The molecule has 22 heavy (non-hydrogen) atoms. The topological polar surface area (TPSA) is 56.2 Å². The molecular formula is C17H21N3O2. The van der Waals surface area contributed by atoms with Crippen molar-refractivity contribution in [2.24, 2.45) is 5.92 Å². The molecule has 0 saturated carbocycles. The number of benzene rings is 1. The Morgan fingerprint density at radius 3 is 2.91 bits per heavy atom. The van der Waals surface area contributed by atoms with E-state index in [1.807, 2.05) is 22.9 Å². The number of carbonyl (C=O) groups excluding carboxylic acids is 1. The van der Waals surface area contributed by atoms with Crippen LogP contribution in [0.1, 0.15) is 24.0 Å². The van der Waals surface area contributed by atoms with E-state index in [0.717, 1.165) is 24.9 Å². The Hall–Kier alpha value is -2.14. The average Bonchev–Trinajstić information content (AvgIpc) is 3.07. The van der Waals surface area contributed by atoms with Gasteiger partial charge in [0, 0.05) is 44.6 Å². The summed E-state index contributed by atoms with van der Waals surface area (Å²) in [4.78, 5) is 16.2. The minimum atomic E-state index is 0.0999. The van der Waals surface area contributed by atoms with Gasteiger partial charge in [-0.2, -0.15) is 0 Å². The van der Waals surface area contributed by atoms with Crippen molar-refractivity contribution in [3.05, 3.63) is 54.1 Å². The van der Waals surface area contributed by atoms with Gasteiger partial charge in [-0.3, -0.25) is 4.79 Å². The maximum Gasteiger partial charge on any atom is 0.223 e. The van der Waals surface area contributed by atoms with E-state index < -0.39 is 0 Å². The number of imidazole rings is 1. The summed E-state index contributed by atoms with van der Waals surface area (Å²) >= 11 is 0. The molecule has 1 saturated heterocycles. The van der Waals surface area contributed by atoms with Gasteiger partial charge in [-0.15, -0.1) is 0 Å². The predicted octanol–water partition coefficient (Wildman–Crippen LogP) is 1.97. The van der Waals surface area contributed by atoms with Gasteiger partial charge in [-0.1, -0.05) is 24.3 Å². The largest absolute Gasteiger partial charge is 0.381 e. The number of ether oxygens (including phenoxy) is 1. The molecule has 2 heterocycles. The van der Waals surface area contributed by atoms with E-state index in [1.165, 1.54) is 5.56 Å². The number of nitrogens with zero attached hydrogens (tertiary/aromatic N) is 2. The van der Waals surface area contributed by atoms with Crippen LogP contribution in [-0.4, -0.2) is 28.7 Å². The lowest BCUT2D eigenvalue weighted by atomic mass is 9.99. The quantitative estimate of drug-likeness (QED) is 0.918. The molecule has 0 atom stereocenters. The molecule has 1 aliphatic heterocycles. The van der Waals surface area contributed by atoms with Crippen LogP contribution in [0.3, 0.4) is 0 Å². The van der Waals surface area contributed by atoms with Gasteiger partial charge in [0.15, 0.2) is 0 Å². The van der Waals surface area contributed by atoms with Crippen LogP contribution in [0, 0.1) is 5.92 Å². The van der Waals surface area contributed by atoms with E-state index in [0.29, 0.717) is 19.8 Å². The smallest absolute Gasteiger partial charge is 0.223 e. The first kappa shape index (κ1) is 14.8. The maximum atomic E-state index is 12.1. The van der Waals surface area contributed by atoms with Gasteiger partial charge in [-0.05, 0) is 24.0 Å². The molecule has 3 rings (SSSR count). The lowest BCUT2D eigenvalue weighted by molar-refractivity contribution is -0.128. The third kappa shape index (κ3) is 3.95. The highest BCUT2D eigenvalue weighted by Crippen LogP contribution is 2.15. The summed E-state index contributed by atoms with van der Waals surface area (Å²) in [6.07, 6.45) is 7.18. The Labute approximate surface area is 130 Å². The summed E-state index contributed by atoms with van der Waals surface area (Å²) in [6.45, 7) is 2.76. The van der Waals surface area contributed by atoms with Crippen LogP contribution in [0.15, 0.2) is 43.0 Å². The van der Waals surface area contributed by atoms with Crippen molar-refractivity contribution in [3.63, 3.8) is 0 Å². The molecule has 116 valence electrons. The van der Waals surface area contributed by atoms with E-state index >= 15 is 0 Å². The van der Waals surface area contributed by atoms with Crippen molar-refractivity contribution in [1.82, 2.24) is 14.9 Å². The van der Waals surface area contributed by atoms with Crippen LogP contribution >= 0.6 is 0 Å². The van der Waals surface area contributed by atoms with E-state index in [2.05, 4.69) is 22.4 Å². The van der Waals surface area contributed by atoms with Crippen molar-refractivity contribution in [3.8, 4) is 0 Å². The van der Waals surface area contributed by atoms with Gasteiger partial charge in [-0.25, -0.2) is 4.98 Å². The molecule has 1 aromatic carbocycles. The summed E-state index contributed by atoms with van der Waals surface area (Å²) in [6, 6.07) is 8.29. The Balaban J connectivity index is 1.54. The fraction of sp³-hybridized carbons (Fsp3) is 0.412. The summed E-state index contributed by atoms with van der Waals surface area (Å²) in [5.41, 5.74) is 2.33. The molecule has 0 bridgehead atoms. The summed E-state index contributed by atoms with van der Waals surface area (Å²) < 4.78 is 7.32. The van der Waals surface area contributed by atoms with Crippen LogP contribution in [0.5, 0.6) is 0 Å². The number of hydrogen-bond acceptors (Lipinski definition) is 3. The predicted molar refractivity (Wildman–Crippen MR) is 83.2 cm³/mol. The van der Waals surface area contributed by atoms with Crippen molar-refractivity contribution in [2.45, 2.75) is 25.9 Å². The van der Waals surface area contributed by atoms with Crippen LogP contribution < -0.4 is 5.32 Å². The maximum absolute atomic E-state index is 12.1. The fourth-order valence-corrected chi connectivity index (χ4v) is 2.72. The average molecular weight is 299 g/mol. The standard InChI is InChI=1S/C17H21N3O2/c21-17(16-4-8-22-9-5-16)19-11-14-2-1-3-15(10-14)12-20-7-6-18-13-20/h1-3,6-7,10,13,16H,4-5,8-9,11-12H2,(H,19,21). The van der Waals surface area contributed by atoms with E-state index in [1.54, 1.807) is 12.5 Å². The number of nitrogens with one attached hydrogen (secondary N) is 1. The molecule has 5 heteroatoms. The third-order valence-corrected chi connectivity index (χ3v) is 3.97. The van der Waals surface area contributed by atoms with Crippen molar-refractivity contribution < 1.29 is 9.53 Å². The van der Waals surface area contributed by atoms with Crippen LogP contribution in [0.2, 0.25) is 0 Å². The fourth-order valence-electron chi connectivity index (χ4n) is 2.72. The second kappa shape index (κ2) is 7.22. The lowest BCUT2D eigenvalue weighted by Gasteiger charge is -2.21. The number of aromatic nitrogens is 2. The van der Waals surface area contributed by atoms with E-state index in [9.17, 15) is 4.79 Å². The van der Waals surface area contributed by atoms with Crippen LogP contribution in [-0.2, 0) is 22.6 Å². The first-order valence-corrected chi connectivity index (χ1v) is 7.70. The molecule has 0 radical (unpaired) electrons. The van der Waals surface area contributed by atoms with Gasteiger partial charge in [0.2, 0.25) is 5.91 Å². The minimum Gasteiger partial charge on any atom is -0.381 e. The number of hydrogen-bond donors (Lipinski definition) is 1. The molecule has 1 amide bonds. The molecule has 5 nitrogen and oxygen atoms in total. The van der Waals surface area contributed by atoms with Crippen LogP contribution in [0.25, 0.3) is 0 Å². The molecule has 2 aromatic rings. The molecule has 1 aliphatic rings. The summed E-state index contributed by atoms with van der Waals surface area (Å²) in [5, 5.41) is 3.04. The van der Waals surface area contributed by atoms with E-state index in [-0.39, 0.29) is 11.8 Å². The molecule has 0 spiro atoms. The molecule has 1 aromatic heterocycles. The van der Waals surface area contributed by atoms with Crippen molar-refractivity contribution in [2.75, 3.05) is 13.2 Å². The van der Waals surface area contributed by atoms with E-state index in [4.69, 9.17) is 4.74 Å². The zero-order valence-corrected chi connectivity index (χ0v) is 12.6.